The molecule has 0 aliphatic carbocycles. The van der Waals surface area contributed by atoms with E-state index < -0.39 is 0 Å². The Hall–Kier alpha value is -2.25. The zero-order valence-electron chi connectivity index (χ0n) is 13.9. The molecule has 3 aromatic heterocycles. The largest absolute Gasteiger partial charge is 0.298 e. The molecule has 0 atom stereocenters. The molecule has 0 spiro atoms. The molecule has 5 nitrogen and oxygen atoms in total. The van der Waals surface area contributed by atoms with Gasteiger partial charge in [-0.15, -0.1) is 28.1 Å². The van der Waals surface area contributed by atoms with Gasteiger partial charge in [0.25, 0.3) is 0 Å². The number of rotatable bonds is 8. The highest BCUT2D eigenvalue weighted by molar-refractivity contribution is 7.99. The molecule has 0 aliphatic rings. The minimum atomic E-state index is 0.119. The van der Waals surface area contributed by atoms with Crippen molar-refractivity contribution in [2.75, 3.05) is 5.75 Å². The molecule has 3 rings (SSSR count). The van der Waals surface area contributed by atoms with Crippen molar-refractivity contribution in [2.24, 2.45) is 0 Å². The summed E-state index contributed by atoms with van der Waals surface area (Å²) in [6.45, 7) is 6.48. The van der Waals surface area contributed by atoms with Gasteiger partial charge in [0.05, 0.1) is 10.6 Å². The molecule has 0 saturated heterocycles. The molecule has 128 valence electrons. The number of allylic oxidation sites excluding steroid dienone is 1. The van der Waals surface area contributed by atoms with Crippen LogP contribution in [0.1, 0.15) is 21.5 Å². The van der Waals surface area contributed by atoms with Gasteiger partial charge in [-0.2, -0.15) is 0 Å². The van der Waals surface area contributed by atoms with E-state index >= 15 is 0 Å². The maximum absolute atomic E-state index is 12.4. The van der Waals surface area contributed by atoms with Gasteiger partial charge in [-0.05, 0) is 30.7 Å². The van der Waals surface area contributed by atoms with Crippen molar-refractivity contribution >= 4 is 28.9 Å². The molecule has 0 fully saturated rings. The molecule has 3 aromatic rings. The van der Waals surface area contributed by atoms with Gasteiger partial charge in [0.2, 0.25) is 0 Å². The molecule has 0 aromatic carbocycles. The highest BCUT2D eigenvalue weighted by Crippen LogP contribution is 2.25. The second-order valence-corrected chi connectivity index (χ2v) is 7.38. The van der Waals surface area contributed by atoms with Crippen LogP contribution >= 0.6 is 23.1 Å². The van der Waals surface area contributed by atoms with E-state index in [0.29, 0.717) is 17.5 Å². The van der Waals surface area contributed by atoms with Gasteiger partial charge in [-0.25, -0.2) is 0 Å². The van der Waals surface area contributed by atoms with Crippen LogP contribution in [-0.2, 0) is 13.0 Å². The number of thioether (sulfide) groups is 1. The first-order valence-corrected chi connectivity index (χ1v) is 9.72. The second-order valence-electron chi connectivity index (χ2n) is 5.27. The van der Waals surface area contributed by atoms with Crippen molar-refractivity contribution in [2.45, 2.75) is 25.0 Å². The van der Waals surface area contributed by atoms with E-state index in [-0.39, 0.29) is 5.78 Å². The van der Waals surface area contributed by atoms with Crippen molar-refractivity contribution in [1.29, 1.82) is 0 Å². The topological polar surface area (TPSA) is 60.7 Å². The van der Waals surface area contributed by atoms with E-state index in [4.69, 9.17) is 0 Å². The van der Waals surface area contributed by atoms with Gasteiger partial charge < -0.3 is 0 Å². The van der Waals surface area contributed by atoms with Gasteiger partial charge in [-0.3, -0.25) is 14.3 Å². The minimum absolute atomic E-state index is 0.119. The van der Waals surface area contributed by atoms with E-state index in [9.17, 15) is 4.79 Å². The molecule has 7 heteroatoms. The fourth-order valence-corrected chi connectivity index (χ4v) is 4.13. The van der Waals surface area contributed by atoms with Crippen molar-refractivity contribution in [3.8, 4) is 11.4 Å². The Kier molecular flexibility index (Phi) is 5.78. The molecule has 25 heavy (non-hydrogen) atoms. The summed E-state index contributed by atoms with van der Waals surface area (Å²) in [4.78, 5) is 18.5. The Balaban J connectivity index is 1.77. The summed E-state index contributed by atoms with van der Waals surface area (Å²) in [6, 6.07) is 7.70. The predicted octanol–water partition coefficient (Wildman–Crippen LogP) is 4.13. The third-order valence-corrected chi connectivity index (χ3v) is 5.82. The monoisotopic (exact) mass is 370 g/mol. The summed E-state index contributed by atoms with van der Waals surface area (Å²) in [7, 11) is 0. The summed E-state index contributed by atoms with van der Waals surface area (Å²) in [5.74, 6) is 1.21. The van der Waals surface area contributed by atoms with E-state index in [1.807, 2.05) is 28.8 Å². The maximum Gasteiger partial charge on any atom is 0.192 e. The number of pyridine rings is 1. The van der Waals surface area contributed by atoms with E-state index in [1.165, 1.54) is 16.6 Å². The smallest absolute Gasteiger partial charge is 0.192 e. The first kappa shape index (κ1) is 17.6. The van der Waals surface area contributed by atoms with Crippen LogP contribution in [0.3, 0.4) is 0 Å². The molecule has 0 radical (unpaired) electrons. The molecule has 0 aliphatic heterocycles. The number of hydrogen-bond donors (Lipinski definition) is 0. The normalized spacial score (nSPS) is 10.8. The number of Topliss-reactive ketones (excluding diaryl/α,β-unsaturated/α-hetero) is 1. The van der Waals surface area contributed by atoms with Crippen LogP contribution in [0.2, 0.25) is 0 Å². The molecule has 0 bridgehead atoms. The molecule has 0 unspecified atom stereocenters. The van der Waals surface area contributed by atoms with E-state index in [2.05, 4.69) is 28.7 Å². The third kappa shape index (κ3) is 4.05. The van der Waals surface area contributed by atoms with Crippen molar-refractivity contribution in [3.05, 3.63) is 59.1 Å². The van der Waals surface area contributed by atoms with Crippen LogP contribution in [-0.4, -0.2) is 31.3 Å². The number of carbonyl (C=O) groups is 1. The third-order valence-electron chi connectivity index (χ3n) is 3.58. The summed E-state index contributed by atoms with van der Waals surface area (Å²) in [5.41, 5.74) is 0.938. The molecular weight excluding hydrogens is 352 g/mol. The highest BCUT2D eigenvalue weighted by atomic mass is 32.2. The quantitative estimate of drug-likeness (QED) is 0.339. The number of aryl methyl sites for hydroxylation is 1. The summed E-state index contributed by atoms with van der Waals surface area (Å²) >= 11 is 2.97. The Morgan fingerprint density at radius 2 is 2.08 bits per heavy atom. The lowest BCUT2D eigenvalue weighted by molar-refractivity contribution is 0.102. The lowest BCUT2D eigenvalue weighted by Gasteiger charge is -2.07. The van der Waals surface area contributed by atoms with Crippen LogP contribution in [0.15, 0.2) is 54.5 Å². The maximum atomic E-state index is 12.4. The predicted molar refractivity (Wildman–Crippen MR) is 102 cm³/mol. The number of aromatic nitrogens is 4. The molecule has 3 heterocycles. The van der Waals surface area contributed by atoms with Crippen molar-refractivity contribution in [1.82, 2.24) is 19.7 Å². The fourth-order valence-electron chi connectivity index (χ4n) is 2.32. The average Bonchev–Trinajstić information content (AvgIpc) is 3.28. The Morgan fingerprint density at radius 1 is 1.28 bits per heavy atom. The van der Waals surface area contributed by atoms with Crippen LogP contribution in [0.25, 0.3) is 11.4 Å². The average molecular weight is 371 g/mol. The van der Waals surface area contributed by atoms with E-state index in [1.54, 1.807) is 29.8 Å². The van der Waals surface area contributed by atoms with Gasteiger partial charge in [0.15, 0.2) is 16.8 Å². The second kappa shape index (κ2) is 8.22. The van der Waals surface area contributed by atoms with Crippen molar-refractivity contribution in [3.63, 3.8) is 0 Å². The molecular formula is C18H18N4OS2. The van der Waals surface area contributed by atoms with Gasteiger partial charge in [0, 0.05) is 29.4 Å². The molecule has 0 saturated carbocycles. The number of ketones is 1. The summed E-state index contributed by atoms with van der Waals surface area (Å²) in [5, 5.41) is 9.25. The van der Waals surface area contributed by atoms with Gasteiger partial charge in [0.1, 0.15) is 0 Å². The summed E-state index contributed by atoms with van der Waals surface area (Å²) < 4.78 is 1.96. The number of thiophene rings is 1. The lowest BCUT2D eigenvalue weighted by Crippen LogP contribution is -2.04. The Labute approximate surface area is 154 Å². The SMILES string of the molecule is C=CCn1c(SCC(=O)c2ccc(CC)s2)nnc1-c1ccncc1. The van der Waals surface area contributed by atoms with Crippen LogP contribution in [0, 0.1) is 0 Å². The number of nitrogens with zero attached hydrogens (tertiary/aromatic N) is 4. The first-order chi connectivity index (χ1) is 12.2. The van der Waals surface area contributed by atoms with Gasteiger partial charge in [-0.1, -0.05) is 24.8 Å². The first-order valence-electron chi connectivity index (χ1n) is 7.92. The van der Waals surface area contributed by atoms with Crippen LogP contribution < -0.4 is 0 Å². The number of carbonyl (C=O) groups excluding carboxylic acids is 1. The minimum Gasteiger partial charge on any atom is -0.298 e. The Bertz CT molecular complexity index is 870. The summed E-state index contributed by atoms with van der Waals surface area (Å²) in [6.07, 6.45) is 6.20. The molecule has 0 N–H and O–H groups in total. The Morgan fingerprint density at radius 3 is 2.76 bits per heavy atom. The standard InChI is InChI=1S/C18H18N4OS2/c1-3-11-22-17(13-7-9-19-10-8-13)20-21-18(22)24-12-15(23)16-6-5-14(4-2)25-16/h3,5-10H,1,4,11-12H2,2H3. The fraction of sp³-hybridized carbons (Fsp3) is 0.222. The zero-order valence-corrected chi connectivity index (χ0v) is 15.5. The van der Waals surface area contributed by atoms with Crippen molar-refractivity contribution < 1.29 is 4.79 Å². The lowest BCUT2D eigenvalue weighted by atomic mass is 10.2. The number of hydrogen-bond acceptors (Lipinski definition) is 6. The van der Waals surface area contributed by atoms with Crippen LogP contribution in [0.4, 0.5) is 0 Å². The molecule has 0 amide bonds. The van der Waals surface area contributed by atoms with Crippen LogP contribution in [0.5, 0.6) is 0 Å². The van der Waals surface area contributed by atoms with Gasteiger partial charge >= 0.3 is 0 Å². The van der Waals surface area contributed by atoms with E-state index in [0.717, 1.165) is 22.7 Å². The zero-order chi connectivity index (χ0) is 17.6. The highest BCUT2D eigenvalue weighted by Gasteiger charge is 2.16.